The molecular weight excluding hydrogens is 350 g/mol. The van der Waals surface area contributed by atoms with E-state index in [9.17, 15) is 9.59 Å². The van der Waals surface area contributed by atoms with Crippen molar-refractivity contribution in [1.29, 1.82) is 0 Å². The maximum Gasteiger partial charge on any atom is 0.225 e. The summed E-state index contributed by atoms with van der Waals surface area (Å²) in [6.07, 6.45) is 4.46. The summed E-state index contributed by atoms with van der Waals surface area (Å²) in [5.74, 6) is -0.0885. The van der Waals surface area contributed by atoms with Crippen LogP contribution in [0.5, 0.6) is 0 Å². The molecule has 3 N–H and O–H groups in total. The number of nitrogens with zero attached hydrogens (tertiary/aromatic N) is 1. The van der Waals surface area contributed by atoms with Gasteiger partial charge in [0.05, 0.1) is 5.92 Å². The molecule has 2 amide bonds. The number of amides is 2. The minimum atomic E-state index is -0.160. The molecule has 1 heterocycles. The van der Waals surface area contributed by atoms with Crippen molar-refractivity contribution in [3.8, 4) is 0 Å². The predicted molar refractivity (Wildman–Crippen MR) is 105 cm³/mol. The predicted octanol–water partition coefficient (Wildman–Crippen LogP) is 2.19. The Labute approximate surface area is 162 Å². The van der Waals surface area contributed by atoms with Crippen molar-refractivity contribution in [1.82, 2.24) is 10.2 Å². The van der Waals surface area contributed by atoms with Crippen LogP contribution in [0.4, 0.5) is 0 Å². The van der Waals surface area contributed by atoms with Gasteiger partial charge in [-0.2, -0.15) is 0 Å². The molecule has 0 bridgehead atoms. The molecule has 0 aromatic heterocycles. The highest BCUT2D eigenvalue weighted by Gasteiger charge is 2.45. The molecule has 6 heteroatoms. The third-order valence-corrected chi connectivity index (χ3v) is 5.63. The van der Waals surface area contributed by atoms with Gasteiger partial charge in [0, 0.05) is 31.6 Å². The van der Waals surface area contributed by atoms with Crippen molar-refractivity contribution in [2.45, 2.75) is 57.5 Å². The maximum absolute atomic E-state index is 12.9. The number of nitrogens with one attached hydrogen (secondary N) is 1. The molecule has 2 fully saturated rings. The highest BCUT2D eigenvalue weighted by atomic mass is 35.5. The first-order chi connectivity index (χ1) is 11.9. The summed E-state index contributed by atoms with van der Waals surface area (Å²) in [4.78, 5) is 26.4. The molecule has 3 rings (SSSR count). The Balaban J connectivity index is 0.00000243. The largest absolute Gasteiger partial charge is 0.350 e. The summed E-state index contributed by atoms with van der Waals surface area (Å²) in [5, 5.41) is 3.30. The molecule has 1 aliphatic heterocycles. The van der Waals surface area contributed by atoms with E-state index in [4.69, 9.17) is 5.73 Å². The first-order valence-electron chi connectivity index (χ1n) is 9.26. The molecule has 5 nitrogen and oxygen atoms in total. The Morgan fingerprint density at radius 2 is 1.92 bits per heavy atom. The van der Waals surface area contributed by atoms with E-state index in [0.29, 0.717) is 13.1 Å². The minimum Gasteiger partial charge on any atom is -0.350 e. The van der Waals surface area contributed by atoms with Crippen molar-refractivity contribution in [2.24, 2.45) is 11.7 Å². The van der Waals surface area contributed by atoms with Crippen molar-refractivity contribution in [3.63, 3.8) is 0 Å². The highest BCUT2D eigenvalue weighted by molar-refractivity contribution is 5.85. The van der Waals surface area contributed by atoms with Gasteiger partial charge in [0.25, 0.3) is 0 Å². The Kier molecular flexibility index (Phi) is 6.69. The number of likely N-dealkylation sites (tertiary alicyclic amines) is 1. The number of hydrogen-bond donors (Lipinski definition) is 2. The van der Waals surface area contributed by atoms with Crippen LogP contribution in [-0.2, 0) is 16.0 Å². The summed E-state index contributed by atoms with van der Waals surface area (Å²) in [6, 6.07) is 8.32. The van der Waals surface area contributed by atoms with E-state index in [0.717, 1.165) is 32.1 Å². The van der Waals surface area contributed by atoms with Crippen LogP contribution >= 0.6 is 12.4 Å². The van der Waals surface area contributed by atoms with E-state index in [1.807, 2.05) is 6.07 Å². The van der Waals surface area contributed by atoms with Crippen LogP contribution in [0.1, 0.15) is 43.7 Å². The molecule has 0 unspecified atom stereocenters. The number of benzene rings is 1. The Morgan fingerprint density at radius 3 is 2.54 bits per heavy atom. The second-order valence-corrected chi connectivity index (χ2v) is 7.83. The fraction of sp³-hybridized carbons (Fsp3) is 0.600. The summed E-state index contributed by atoms with van der Waals surface area (Å²) in [6.45, 7) is 4.70. The Morgan fingerprint density at radius 1 is 1.23 bits per heavy atom. The molecule has 144 valence electrons. The summed E-state index contributed by atoms with van der Waals surface area (Å²) in [5.41, 5.74) is 8.53. The molecule has 0 spiro atoms. The molecule has 1 aromatic carbocycles. The smallest absolute Gasteiger partial charge is 0.225 e. The molecule has 26 heavy (non-hydrogen) atoms. The number of hydrogen-bond acceptors (Lipinski definition) is 3. The van der Waals surface area contributed by atoms with Gasteiger partial charge in [0.2, 0.25) is 11.8 Å². The van der Waals surface area contributed by atoms with Gasteiger partial charge in [-0.25, -0.2) is 0 Å². The number of carbonyl (C=O) groups excluding carboxylic acids is 2. The van der Waals surface area contributed by atoms with E-state index in [-0.39, 0.29) is 41.7 Å². The number of nitrogens with two attached hydrogens (primary N) is 1. The van der Waals surface area contributed by atoms with Gasteiger partial charge >= 0.3 is 0 Å². The van der Waals surface area contributed by atoms with Gasteiger partial charge in [-0.15, -0.1) is 12.4 Å². The summed E-state index contributed by atoms with van der Waals surface area (Å²) < 4.78 is 0. The molecule has 1 saturated heterocycles. The van der Waals surface area contributed by atoms with Gasteiger partial charge in [0.1, 0.15) is 0 Å². The quantitative estimate of drug-likeness (QED) is 0.842. The molecule has 1 aliphatic carbocycles. The Bertz CT molecular complexity index is 660. The molecular formula is C20H30ClN3O2. The van der Waals surface area contributed by atoms with E-state index in [2.05, 4.69) is 30.4 Å². The maximum atomic E-state index is 12.9. The number of halogens is 1. The number of carbonyl (C=O) groups is 2. The van der Waals surface area contributed by atoms with E-state index in [1.54, 1.807) is 11.8 Å². The lowest BCUT2D eigenvalue weighted by Gasteiger charge is -2.26. The third kappa shape index (κ3) is 4.98. The van der Waals surface area contributed by atoms with Gasteiger partial charge in [-0.05, 0) is 50.2 Å². The van der Waals surface area contributed by atoms with Crippen LogP contribution < -0.4 is 11.1 Å². The molecule has 1 aromatic rings. The summed E-state index contributed by atoms with van der Waals surface area (Å²) in [7, 11) is 0. The van der Waals surface area contributed by atoms with Gasteiger partial charge in [0.15, 0.2) is 0 Å². The van der Waals surface area contributed by atoms with Crippen LogP contribution in [-0.4, -0.2) is 41.4 Å². The van der Waals surface area contributed by atoms with Gasteiger partial charge in [-0.1, -0.05) is 24.3 Å². The van der Waals surface area contributed by atoms with Crippen molar-refractivity contribution < 1.29 is 9.59 Å². The number of aryl methyl sites for hydroxylation is 1. The fourth-order valence-corrected chi connectivity index (χ4v) is 3.73. The summed E-state index contributed by atoms with van der Waals surface area (Å²) >= 11 is 0. The average Bonchev–Trinajstić information content (AvgIpc) is 3.33. The van der Waals surface area contributed by atoms with Crippen LogP contribution in [0.25, 0.3) is 0 Å². The first kappa shape index (κ1) is 20.7. The normalized spacial score (nSPS) is 24.2. The van der Waals surface area contributed by atoms with Crippen LogP contribution in [0.3, 0.4) is 0 Å². The van der Waals surface area contributed by atoms with Crippen LogP contribution in [0, 0.1) is 12.8 Å². The SMILES string of the molecule is CC(=O)N1C[C@@H](N)CC[C@@H](C(=O)NC2(Cc3ccccc3C)CC2)C1.Cl. The van der Waals surface area contributed by atoms with E-state index >= 15 is 0 Å². The molecule has 2 aliphatic rings. The van der Waals surface area contributed by atoms with Crippen molar-refractivity contribution in [2.75, 3.05) is 13.1 Å². The van der Waals surface area contributed by atoms with Crippen LogP contribution in [0.15, 0.2) is 24.3 Å². The lowest BCUT2D eigenvalue weighted by molar-refractivity contribution is -0.131. The second-order valence-electron chi connectivity index (χ2n) is 7.83. The lowest BCUT2D eigenvalue weighted by atomic mass is 9.97. The molecule has 0 radical (unpaired) electrons. The molecule has 1 saturated carbocycles. The zero-order valence-electron chi connectivity index (χ0n) is 15.7. The lowest BCUT2D eigenvalue weighted by Crippen LogP contribution is -2.46. The zero-order valence-corrected chi connectivity index (χ0v) is 16.5. The number of rotatable bonds is 4. The second kappa shape index (κ2) is 8.40. The van der Waals surface area contributed by atoms with E-state index in [1.165, 1.54) is 11.1 Å². The van der Waals surface area contributed by atoms with Gasteiger partial charge < -0.3 is 16.0 Å². The average molecular weight is 380 g/mol. The monoisotopic (exact) mass is 379 g/mol. The first-order valence-corrected chi connectivity index (χ1v) is 9.26. The zero-order chi connectivity index (χ0) is 18.0. The third-order valence-electron chi connectivity index (χ3n) is 5.63. The Hall–Kier alpha value is -1.59. The standard InChI is InChI=1S/C20H29N3O2.ClH/c1-14-5-3-4-6-16(14)11-20(9-10-20)22-19(25)17-7-8-18(21)13-23(12-17)15(2)24;/h3-6,17-18H,7-13,21H2,1-2H3,(H,22,25);1H/t17-,18+;/m1./s1. The highest BCUT2D eigenvalue weighted by Crippen LogP contribution is 2.39. The topological polar surface area (TPSA) is 75.4 Å². The van der Waals surface area contributed by atoms with Crippen LogP contribution in [0.2, 0.25) is 0 Å². The fourth-order valence-electron chi connectivity index (χ4n) is 3.73. The van der Waals surface area contributed by atoms with Gasteiger partial charge in [-0.3, -0.25) is 9.59 Å². The minimum absolute atomic E-state index is 0. The molecule has 2 atom stereocenters. The van der Waals surface area contributed by atoms with Crippen molar-refractivity contribution in [3.05, 3.63) is 35.4 Å². The van der Waals surface area contributed by atoms with E-state index < -0.39 is 0 Å². The van der Waals surface area contributed by atoms with Crippen molar-refractivity contribution >= 4 is 24.2 Å².